The zero-order valence-electron chi connectivity index (χ0n) is 15.6. The summed E-state index contributed by atoms with van der Waals surface area (Å²) in [4.78, 5) is 20.2. The van der Waals surface area contributed by atoms with Crippen molar-refractivity contribution in [1.29, 1.82) is 0 Å². The van der Waals surface area contributed by atoms with E-state index in [2.05, 4.69) is 29.1 Å². The number of rotatable bonds is 7. The van der Waals surface area contributed by atoms with Crippen molar-refractivity contribution in [2.75, 3.05) is 59.2 Å². The van der Waals surface area contributed by atoms with Crippen molar-refractivity contribution < 1.29 is 9.53 Å². The predicted molar refractivity (Wildman–Crippen MR) is 114 cm³/mol. The number of amides is 1. The Labute approximate surface area is 168 Å². The molecular weight excluding hydrogens is 439 g/mol. The van der Waals surface area contributed by atoms with Gasteiger partial charge in [-0.1, -0.05) is 0 Å². The van der Waals surface area contributed by atoms with Crippen LogP contribution in [0.1, 0.15) is 27.2 Å². The Hall–Kier alpha value is -0.220. The van der Waals surface area contributed by atoms with Gasteiger partial charge < -0.3 is 19.9 Å². The van der Waals surface area contributed by atoms with Gasteiger partial charge in [0.2, 0.25) is 5.91 Å². The molecule has 1 fully saturated rings. The molecule has 1 N–H and O–H groups in total. The van der Waals surface area contributed by atoms with Gasteiger partial charge in [-0.15, -0.1) is 24.0 Å². The van der Waals surface area contributed by atoms with Crippen molar-refractivity contribution in [3.63, 3.8) is 0 Å². The van der Waals surface area contributed by atoms with E-state index in [1.165, 1.54) is 0 Å². The molecule has 0 aromatic carbocycles. The van der Waals surface area contributed by atoms with Gasteiger partial charge in [0.1, 0.15) is 6.54 Å². The lowest BCUT2D eigenvalue weighted by Crippen LogP contribution is -2.51. The summed E-state index contributed by atoms with van der Waals surface area (Å²) in [6.45, 7) is 10.9. The Morgan fingerprint density at radius 2 is 2.12 bits per heavy atom. The van der Waals surface area contributed by atoms with Crippen molar-refractivity contribution in [1.82, 2.24) is 15.1 Å². The Morgan fingerprint density at radius 1 is 1.42 bits per heavy atom. The summed E-state index contributed by atoms with van der Waals surface area (Å²) in [5.41, 5.74) is 0. The van der Waals surface area contributed by atoms with E-state index in [4.69, 9.17) is 4.74 Å². The van der Waals surface area contributed by atoms with E-state index >= 15 is 0 Å². The van der Waals surface area contributed by atoms with Gasteiger partial charge in [-0.25, -0.2) is 4.99 Å². The minimum Gasteiger partial charge on any atom is -0.382 e. The molecular formula is C16H33IN4O2S. The van der Waals surface area contributed by atoms with Crippen LogP contribution < -0.4 is 5.32 Å². The fourth-order valence-electron chi connectivity index (χ4n) is 2.27. The van der Waals surface area contributed by atoms with Crippen LogP contribution in [0.4, 0.5) is 0 Å². The molecule has 6 nitrogen and oxygen atoms in total. The SMILES string of the molecule is CCOCCCNC(=NCC(=O)N(C)C)N1CCSC(C)(C)C1.I. The van der Waals surface area contributed by atoms with Crippen molar-refractivity contribution in [3.8, 4) is 0 Å². The number of hydrogen-bond donors (Lipinski definition) is 1. The largest absolute Gasteiger partial charge is 0.382 e. The number of guanidine groups is 1. The standard InChI is InChI=1S/C16H32N4O2S.HI/c1-6-22-10-7-8-17-15(18-12-14(21)19(4)5)20-9-11-23-16(2,3)13-20;/h6-13H2,1-5H3,(H,17,18);1H. The van der Waals surface area contributed by atoms with Crippen LogP contribution in [-0.2, 0) is 9.53 Å². The lowest BCUT2D eigenvalue weighted by molar-refractivity contribution is -0.127. The minimum atomic E-state index is 0. The summed E-state index contributed by atoms with van der Waals surface area (Å²) in [5.74, 6) is 1.93. The molecule has 1 aliphatic rings. The highest BCUT2D eigenvalue weighted by molar-refractivity contribution is 14.0. The maximum atomic E-state index is 11.8. The van der Waals surface area contributed by atoms with Crippen molar-refractivity contribution in [2.45, 2.75) is 31.9 Å². The summed E-state index contributed by atoms with van der Waals surface area (Å²) in [7, 11) is 3.52. The van der Waals surface area contributed by atoms with Gasteiger partial charge in [0.15, 0.2) is 5.96 Å². The van der Waals surface area contributed by atoms with Crippen molar-refractivity contribution in [2.24, 2.45) is 4.99 Å². The van der Waals surface area contributed by atoms with Crippen molar-refractivity contribution in [3.05, 3.63) is 0 Å². The maximum Gasteiger partial charge on any atom is 0.243 e. The molecule has 0 aliphatic carbocycles. The van der Waals surface area contributed by atoms with E-state index in [0.717, 1.165) is 51.0 Å². The number of carbonyl (C=O) groups is 1. The molecule has 0 saturated carbocycles. The number of nitrogens with one attached hydrogen (secondary N) is 1. The van der Waals surface area contributed by atoms with Gasteiger partial charge in [-0.3, -0.25) is 4.79 Å². The molecule has 1 amide bonds. The smallest absolute Gasteiger partial charge is 0.243 e. The third kappa shape index (κ3) is 9.31. The molecule has 142 valence electrons. The molecule has 1 heterocycles. The van der Waals surface area contributed by atoms with Crippen LogP contribution in [0.3, 0.4) is 0 Å². The lowest BCUT2D eigenvalue weighted by Gasteiger charge is -2.39. The van der Waals surface area contributed by atoms with E-state index in [1.54, 1.807) is 19.0 Å². The number of hydrogen-bond acceptors (Lipinski definition) is 4. The number of halogens is 1. The van der Waals surface area contributed by atoms with Crippen LogP contribution in [0.5, 0.6) is 0 Å². The van der Waals surface area contributed by atoms with E-state index in [-0.39, 0.29) is 41.2 Å². The average molecular weight is 472 g/mol. The van der Waals surface area contributed by atoms with Crippen molar-refractivity contribution >= 4 is 47.6 Å². The van der Waals surface area contributed by atoms with Crippen LogP contribution >= 0.6 is 35.7 Å². The van der Waals surface area contributed by atoms with Gasteiger partial charge in [-0.05, 0) is 27.2 Å². The molecule has 0 aromatic heterocycles. The van der Waals surface area contributed by atoms with E-state index < -0.39 is 0 Å². The topological polar surface area (TPSA) is 57.2 Å². The third-order valence-electron chi connectivity index (χ3n) is 3.54. The normalized spacial score (nSPS) is 17.2. The molecule has 0 unspecified atom stereocenters. The average Bonchev–Trinajstić information content (AvgIpc) is 2.48. The highest BCUT2D eigenvalue weighted by atomic mass is 127. The van der Waals surface area contributed by atoms with Crippen LogP contribution in [0.25, 0.3) is 0 Å². The summed E-state index contributed by atoms with van der Waals surface area (Å²) in [5, 5.41) is 3.40. The van der Waals surface area contributed by atoms with Gasteiger partial charge in [0, 0.05) is 57.4 Å². The number of carbonyl (C=O) groups excluding carboxylic acids is 1. The van der Waals surface area contributed by atoms with Crippen LogP contribution in [0.15, 0.2) is 4.99 Å². The molecule has 24 heavy (non-hydrogen) atoms. The first-order valence-electron chi connectivity index (χ1n) is 8.31. The molecule has 0 radical (unpaired) electrons. The fourth-order valence-corrected chi connectivity index (χ4v) is 3.38. The number of nitrogens with zero attached hydrogens (tertiary/aromatic N) is 3. The highest BCUT2D eigenvalue weighted by Crippen LogP contribution is 2.29. The molecule has 1 saturated heterocycles. The Balaban J connectivity index is 0.00000529. The number of likely N-dealkylation sites (N-methyl/N-ethyl adjacent to an activating group) is 1. The summed E-state index contributed by atoms with van der Waals surface area (Å²) >= 11 is 1.99. The number of aliphatic imine (C=N–C) groups is 1. The van der Waals surface area contributed by atoms with E-state index in [1.807, 2.05) is 18.7 Å². The molecule has 1 rings (SSSR count). The molecule has 1 aliphatic heterocycles. The number of ether oxygens (including phenoxy) is 1. The van der Waals surface area contributed by atoms with Crippen LogP contribution in [0.2, 0.25) is 0 Å². The Bertz CT molecular complexity index is 406. The summed E-state index contributed by atoms with van der Waals surface area (Å²) < 4.78 is 5.57. The number of thioether (sulfide) groups is 1. The van der Waals surface area contributed by atoms with Crippen LogP contribution in [0, 0.1) is 0 Å². The first-order valence-corrected chi connectivity index (χ1v) is 9.29. The maximum absolute atomic E-state index is 11.8. The predicted octanol–water partition coefficient (Wildman–Crippen LogP) is 1.89. The molecule has 0 bridgehead atoms. The fraction of sp³-hybridized carbons (Fsp3) is 0.875. The summed E-state index contributed by atoms with van der Waals surface area (Å²) in [6, 6.07) is 0. The van der Waals surface area contributed by atoms with E-state index in [0.29, 0.717) is 0 Å². The highest BCUT2D eigenvalue weighted by Gasteiger charge is 2.28. The summed E-state index contributed by atoms with van der Waals surface area (Å²) in [6.07, 6.45) is 0.931. The zero-order chi connectivity index (χ0) is 17.3. The second-order valence-electron chi connectivity index (χ2n) is 6.43. The zero-order valence-corrected chi connectivity index (χ0v) is 18.8. The Kier molecular flexibility index (Phi) is 12.1. The third-order valence-corrected chi connectivity index (χ3v) is 4.84. The van der Waals surface area contributed by atoms with Gasteiger partial charge in [0.25, 0.3) is 0 Å². The Morgan fingerprint density at radius 3 is 2.71 bits per heavy atom. The molecule has 0 aromatic rings. The first-order chi connectivity index (χ1) is 10.9. The van der Waals surface area contributed by atoms with E-state index in [9.17, 15) is 4.79 Å². The lowest BCUT2D eigenvalue weighted by atomic mass is 10.2. The second kappa shape index (κ2) is 12.2. The van der Waals surface area contributed by atoms with Gasteiger partial charge in [0.05, 0.1) is 0 Å². The van der Waals surface area contributed by atoms with Gasteiger partial charge in [-0.2, -0.15) is 11.8 Å². The molecule has 0 atom stereocenters. The first kappa shape index (κ1) is 23.8. The monoisotopic (exact) mass is 472 g/mol. The minimum absolute atomic E-state index is 0. The van der Waals surface area contributed by atoms with Crippen LogP contribution in [-0.4, -0.2) is 85.7 Å². The second-order valence-corrected chi connectivity index (χ2v) is 8.24. The molecule has 8 heteroatoms. The molecule has 0 spiro atoms. The van der Waals surface area contributed by atoms with Gasteiger partial charge >= 0.3 is 0 Å². The quantitative estimate of drug-likeness (QED) is 0.266.